The molecule has 0 aliphatic carbocycles. The van der Waals surface area contributed by atoms with E-state index in [9.17, 15) is 13.6 Å². The van der Waals surface area contributed by atoms with Crippen molar-refractivity contribution >= 4 is 5.97 Å². The molecule has 1 rings (SSSR count). The normalized spacial score (nSPS) is 11.3. The van der Waals surface area contributed by atoms with E-state index in [0.29, 0.717) is 0 Å². The van der Waals surface area contributed by atoms with Crippen LogP contribution in [0, 0.1) is 0 Å². The number of hydrogen-bond acceptors (Lipinski definition) is 4. The van der Waals surface area contributed by atoms with Gasteiger partial charge < -0.3 is 9.15 Å². The highest BCUT2D eigenvalue weighted by atomic mass is 19.3. The van der Waals surface area contributed by atoms with Gasteiger partial charge in [0.25, 0.3) is 0 Å². The second kappa shape index (κ2) is 3.51. The lowest BCUT2D eigenvalue weighted by atomic mass is 10.3. The van der Waals surface area contributed by atoms with Crippen molar-refractivity contribution in [2.24, 2.45) is 0 Å². The highest BCUT2D eigenvalue weighted by Crippen LogP contribution is 2.28. The summed E-state index contributed by atoms with van der Waals surface area (Å²) in [7, 11) is 0. The number of alkyl halides is 2. The molecule has 0 bridgehead atoms. The topological polar surface area (TPSA) is 52.3 Å². The average Bonchev–Trinajstić information content (AvgIpc) is 2.56. The van der Waals surface area contributed by atoms with Gasteiger partial charge in [0.1, 0.15) is 0 Å². The zero-order valence-corrected chi connectivity index (χ0v) is 6.79. The van der Waals surface area contributed by atoms with Gasteiger partial charge in [0.2, 0.25) is 5.76 Å². The first-order chi connectivity index (χ1) is 6.09. The van der Waals surface area contributed by atoms with Gasteiger partial charge in [0, 0.05) is 0 Å². The number of carbonyl (C=O) groups is 1. The third-order valence-corrected chi connectivity index (χ3v) is 1.27. The Balaban J connectivity index is 2.82. The summed E-state index contributed by atoms with van der Waals surface area (Å²) in [6, 6.07) is 0. The van der Waals surface area contributed by atoms with Gasteiger partial charge >= 0.3 is 11.9 Å². The van der Waals surface area contributed by atoms with E-state index < -0.39 is 17.7 Å². The highest BCUT2D eigenvalue weighted by molar-refractivity contribution is 5.78. The molecular formula is C7H7F2NO3. The van der Waals surface area contributed by atoms with Crippen LogP contribution in [0.3, 0.4) is 0 Å². The monoisotopic (exact) mass is 191 g/mol. The lowest BCUT2D eigenvalue weighted by Crippen LogP contribution is -2.27. The number of oxazole rings is 1. The summed E-state index contributed by atoms with van der Waals surface area (Å²) in [5.74, 6) is -6.20. The summed E-state index contributed by atoms with van der Waals surface area (Å²) in [5.41, 5.74) is 0. The molecule has 0 fully saturated rings. The standard InChI is InChI=1S/C7H7F2NO3/c1-2-12-6(11)7(8,9)5-3-10-4-13-5/h3-4H,2H2,1H3. The molecule has 0 spiro atoms. The molecule has 0 unspecified atom stereocenters. The molecule has 13 heavy (non-hydrogen) atoms. The predicted molar refractivity (Wildman–Crippen MR) is 37.0 cm³/mol. The van der Waals surface area contributed by atoms with E-state index in [1.165, 1.54) is 6.92 Å². The molecule has 0 saturated carbocycles. The second-order valence-electron chi connectivity index (χ2n) is 2.16. The number of hydrogen-bond donors (Lipinski definition) is 0. The van der Waals surface area contributed by atoms with Crippen LogP contribution in [-0.2, 0) is 15.5 Å². The molecule has 6 heteroatoms. The van der Waals surface area contributed by atoms with Crippen molar-refractivity contribution in [3.63, 3.8) is 0 Å². The second-order valence-corrected chi connectivity index (χ2v) is 2.16. The Labute approximate surface area is 72.5 Å². The van der Waals surface area contributed by atoms with Gasteiger partial charge in [-0.3, -0.25) is 0 Å². The number of ether oxygens (including phenoxy) is 1. The first-order valence-corrected chi connectivity index (χ1v) is 3.53. The summed E-state index contributed by atoms with van der Waals surface area (Å²) in [6.45, 7) is 1.33. The van der Waals surface area contributed by atoms with Crippen LogP contribution < -0.4 is 0 Å². The van der Waals surface area contributed by atoms with Crippen LogP contribution in [0.15, 0.2) is 17.0 Å². The van der Waals surface area contributed by atoms with Crippen LogP contribution in [0.25, 0.3) is 0 Å². The molecule has 4 nitrogen and oxygen atoms in total. The van der Waals surface area contributed by atoms with E-state index in [-0.39, 0.29) is 6.61 Å². The predicted octanol–water partition coefficient (Wildman–Crippen LogP) is 1.33. The van der Waals surface area contributed by atoms with Crippen LogP contribution in [0.2, 0.25) is 0 Å². The zero-order chi connectivity index (χ0) is 9.90. The highest BCUT2D eigenvalue weighted by Gasteiger charge is 2.46. The third-order valence-electron chi connectivity index (χ3n) is 1.27. The molecule has 0 N–H and O–H groups in total. The van der Waals surface area contributed by atoms with Gasteiger partial charge in [-0.25, -0.2) is 9.78 Å². The first kappa shape index (κ1) is 9.63. The summed E-state index contributed by atoms with van der Waals surface area (Å²) >= 11 is 0. The molecule has 1 aromatic rings. The third kappa shape index (κ3) is 1.82. The number of halogens is 2. The molecular weight excluding hydrogens is 184 g/mol. The van der Waals surface area contributed by atoms with Crippen molar-refractivity contribution in [2.75, 3.05) is 6.61 Å². The maximum absolute atomic E-state index is 13.0. The van der Waals surface area contributed by atoms with Crippen LogP contribution >= 0.6 is 0 Å². The lowest BCUT2D eigenvalue weighted by Gasteiger charge is -2.10. The van der Waals surface area contributed by atoms with Gasteiger partial charge in [-0.05, 0) is 6.92 Å². The van der Waals surface area contributed by atoms with Gasteiger partial charge in [-0.15, -0.1) is 0 Å². The van der Waals surface area contributed by atoms with Crippen LogP contribution in [0.5, 0.6) is 0 Å². The van der Waals surface area contributed by atoms with Gasteiger partial charge in [0.05, 0.1) is 12.8 Å². The maximum Gasteiger partial charge on any atom is 0.400 e. The number of esters is 1. The van der Waals surface area contributed by atoms with E-state index in [1.54, 1.807) is 0 Å². The zero-order valence-electron chi connectivity index (χ0n) is 6.79. The van der Waals surface area contributed by atoms with Crippen LogP contribution in [-0.4, -0.2) is 17.6 Å². The number of rotatable bonds is 3. The summed E-state index contributed by atoms with van der Waals surface area (Å²) in [6.07, 6.45) is 1.60. The summed E-state index contributed by atoms with van der Waals surface area (Å²) < 4.78 is 34.4. The van der Waals surface area contributed by atoms with Crippen molar-refractivity contribution in [1.82, 2.24) is 4.98 Å². The summed E-state index contributed by atoms with van der Waals surface area (Å²) in [4.78, 5) is 14.0. The van der Waals surface area contributed by atoms with Crippen LogP contribution in [0.1, 0.15) is 12.7 Å². The van der Waals surface area contributed by atoms with Crippen molar-refractivity contribution in [3.05, 3.63) is 18.4 Å². The SMILES string of the molecule is CCOC(=O)C(F)(F)c1cnco1. The number of nitrogens with zero attached hydrogens (tertiary/aromatic N) is 1. The number of aromatic nitrogens is 1. The van der Waals surface area contributed by atoms with Crippen molar-refractivity contribution < 1.29 is 22.7 Å². The van der Waals surface area contributed by atoms with E-state index in [0.717, 1.165) is 12.6 Å². The van der Waals surface area contributed by atoms with Crippen molar-refractivity contribution in [2.45, 2.75) is 12.8 Å². The Hall–Kier alpha value is -1.46. The Bertz CT molecular complexity index is 284. The largest absolute Gasteiger partial charge is 0.461 e. The molecule has 0 aliphatic heterocycles. The van der Waals surface area contributed by atoms with E-state index in [1.807, 2.05) is 0 Å². The van der Waals surface area contributed by atoms with Crippen molar-refractivity contribution in [1.29, 1.82) is 0 Å². The van der Waals surface area contributed by atoms with Gasteiger partial charge in [0.15, 0.2) is 6.39 Å². The first-order valence-electron chi connectivity index (χ1n) is 3.53. The maximum atomic E-state index is 13.0. The molecule has 0 aromatic carbocycles. The summed E-state index contributed by atoms with van der Waals surface area (Å²) in [5, 5.41) is 0. The lowest BCUT2D eigenvalue weighted by molar-refractivity contribution is -0.175. The number of carbonyl (C=O) groups excluding carboxylic acids is 1. The Morgan fingerprint density at radius 2 is 2.46 bits per heavy atom. The minimum atomic E-state index is -3.76. The molecule has 0 amide bonds. The van der Waals surface area contributed by atoms with E-state index >= 15 is 0 Å². The molecule has 0 aliphatic rings. The smallest absolute Gasteiger partial charge is 0.400 e. The van der Waals surface area contributed by atoms with E-state index in [2.05, 4.69) is 14.1 Å². The molecule has 0 atom stereocenters. The molecule has 1 aromatic heterocycles. The minimum Gasteiger partial charge on any atom is -0.461 e. The van der Waals surface area contributed by atoms with Crippen molar-refractivity contribution in [3.8, 4) is 0 Å². The van der Waals surface area contributed by atoms with E-state index in [4.69, 9.17) is 0 Å². The van der Waals surface area contributed by atoms with Gasteiger partial charge in [-0.1, -0.05) is 0 Å². The fourth-order valence-electron chi connectivity index (χ4n) is 0.693. The Kier molecular flexibility index (Phi) is 2.60. The molecule has 0 radical (unpaired) electrons. The fourth-order valence-corrected chi connectivity index (χ4v) is 0.693. The molecule has 0 saturated heterocycles. The van der Waals surface area contributed by atoms with Gasteiger partial charge in [-0.2, -0.15) is 8.78 Å². The van der Waals surface area contributed by atoms with Crippen LogP contribution in [0.4, 0.5) is 8.78 Å². The minimum absolute atomic E-state index is 0.109. The molecule has 1 heterocycles. The Morgan fingerprint density at radius 3 is 2.92 bits per heavy atom. The average molecular weight is 191 g/mol. The Morgan fingerprint density at radius 1 is 1.77 bits per heavy atom. The fraction of sp³-hybridized carbons (Fsp3) is 0.429. The quantitative estimate of drug-likeness (QED) is 0.676. The molecule has 72 valence electrons.